The smallest absolute Gasteiger partial charge is 0.193 e. The number of aromatic nitrogens is 7. The van der Waals surface area contributed by atoms with Crippen LogP contribution in [0, 0.1) is 24.1 Å². The molecule has 9 nitrogen and oxygen atoms in total. The number of rotatable bonds is 4. The van der Waals surface area contributed by atoms with Crippen LogP contribution in [0.4, 0.5) is 10.2 Å². The molecular formula is C22H22FN9. The summed E-state index contributed by atoms with van der Waals surface area (Å²) in [6, 6.07) is 9.19. The lowest BCUT2D eigenvalue weighted by Gasteiger charge is -2.18. The number of nitrogen functional groups attached to an aromatic ring is 1. The number of hydrogen-bond donors (Lipinski definition) is 1. The monoisotopic (exact) mass is 431 g/mol. The Bertz CT molecular complexity index is 1340. The Labute approximate surface area is 184 Å². The summed E-state index contributed by atoms with van der Waals surface area (Å²) in [4.78, 5) is 8.44. The molecule has 3 aromatic heterocycles. The van der Waals surface area contributed by atoms with Crippen LogP contribution in [-0.2, 0) is 12.1 Å². The van der Waals surface area contributed by atoms with Gasteiger partial charge in [0.05, 0.1) is 35.6 Å². The minimum atomic E-state index is -0.771. The van der Waals surface area contributed by atoms with E-state index < -0.39 is 5.82 Å². The molecule has 32 heavy (non-hydrogen) atoms. The zero-order chi connectivity index (χ0) is 23.0. The number of nitrogens with two attached hydrogens (primary N) is 1. The Kier molecular flexibility index (Phi) is 5.18. The van der Waals surface area contributed by atoms with Crippen molar-refractivity contribution in [1.29, 1.82) is 5.26 Å². The highest BCUT2D eigenvalue weighted by Crippen LogP contribution is 2.28. The van der Waals surface area contributed by atoms with E-state index in [-0.39, 0.29) is 28.6 Å². The lowest BCUT2D eigenvalue weighted by Crippen LogP contribution is -2.22. The zero-order valence-corrected chi connectivity index (χ0v) is 18.2. The fourth-order valence-electron chi connectivity index (χ4n) is 3.22. The molecule has 0 aliphatic rings. The second-order valence-electron chi connectivity index (χ2n) is 8.41. The van der Waals surface area contributed by atoms with Crippen LogP contribution in [0.15, 0.2) is 36.7 Å². The van der Waals surface area contributed by atoms with Crippen LogP contribution in [-0.4, -0.2) is 34.7 Å². The quantitative estimate of drug-likeness (QED) is 0.526. The van der Waals surface area contributed by atoms with Crippen molar-refractivity contribution in [3.05, 3.63) is 59.3 Å². The number of halogens is 1. The van der Waals surface area contributed by atoms with Crippen LogP contribution in [0.1, 0.15) is 37.6 Å². The molecule has 4 aromatic rings. The van der Waals surface area contributed by atoms with Crippen molar-refractivity contribution < 1.29 is 4.39 Å². The molecule has 0 aliphatic heterocycles. The van der Waals surface area contributed by atoms with Crippen LogP contribution >= 0.6 is 0 Å². The molecule has 0 amide bonds. The standard InChI is InChI=1S/C22H22FN9/c1-13-14(10-24)6-5-7-16(13)21-26-19(18(23)20(25)27-21)17-12-31(30-28-17)11-15-8-9-32(29-15)22(2,3)4/h5-9,12H,11H2,1-4H3,(H2,25,26,27). The van der Waals surface area contributed by atoms with Gasteiger partial charge in [0.15, 0.2) is 17.5 Å². The van der Waals surface area contributed by atoms with E-state index in [2.05, 4.69) is 52.2 Å². The molecule has 0 fully saturated rings. The summed E-state index contributed by atoms with van der Waals surface area (Å²) >= 11 is 0. The molecule has 3 heterocycles. The van der Waals surface area contributed by atoms with Gasteiger partial charge in [0.2, 0.25) is 0 Å². The van der Waals surface area contributed by atoms with Gasteiger partial charge in [-0.1, -0.05) is 17.3 Å². The summed E-state index contributed by atoms with van der Waals surface area (Å²) in [6.45, 7) is 8.33. The van der Waals surface area contributed by atoms with E-state index in [9.17, 15) is 9.65 Å². The molecule has 2 N–H and O–H groups in total. The number of hydrogen-bond acceptors (Lipinski definition) is 7. The lowest BCUT2D eigenvalue weighted by atomic mass is 10.0. The minimum absolute atomic E-state index is 0.0549. The second-order valence-corrected chi connectivity index (χ2v) is 8.41. The third-order valence-electron chi connectivity index (χ3n) is 5.01. The third kappa shape index (κ3) is 3.92. The second kappa shape index (κ2) is 7.85. The van der Waals surface area contributed by atoms with Crippen molar-refractivity contribution in [3.63, 3.8) is 0 Å². The SMILES string of the molecule is Cc1c(C#N)cccc1-c1nc(N)c(F)c(-c2cn(Cc3ccn(C(C)(C)C)n3)nn2)n1. The van der Waals surface area contributed by atoms with Crippen LogP contribution in [0.2, 0.25) is 0 Å². The fraction of sp³-hybridized carbons (Fsp3) is 0.273. The largest absolute Gasteiger partial charge is 0.381 e. The average molecular weight is 431 g/mol. The molecule has 0 atom stereocenters. The molecule has 0 saturated carbocycles. The molecule has 0 unspecified atom stereocenters. The summed E-state index contributed by atoms with van der Waals surface area (Å²) < 4.78 is 18.2. The Morgan fingerprint density at radius 3 is 2.66 bits per heavy atom. The average Bonchev–Trinajstić information content (AvgIpc) is 3.40. The summed E-state index contributed by atoms with van der Waals surface area (Å²) in [5, 5.41) is 22.0. The van der Waals surface area contributed by atoms with Crippen molar-refractivity contribution in [2.45, 2.75) is 39.8 Å². The molecular weight excluding hydrogens is 409 g/mol. The van der Waals surface area contributed by atoms with E-state index in [1.165, 1.54) is 0 Å². The molecule has 162 valence electrons. The molecule has 0 bridgehead atoms. The molecule has 1 aromatic carbocycles. The number of nitrogens with zero attached hydrogens (tertiary/aromatic N) is 8. The van der Waals surface area contributed by atoms with Crippen molar-refractivity contribution >= 4 is 5.82 Å². The minimum Gasteiger partial charge on any atom is -0.381 e. The van der Waals surface area contributed by atoms with Gasteiger partial charge in [0.25, 0.3) is 0 Å². The zero-order valence-electron chi connectivity index (χ0n) is 18.2. The van der Waals surface area contributed by atoms with Gasteiger partial charge >= 0.3 is 0 Å². The predicted octanol–water partition coefficient (Wildman–Crippen LogP) is 3.30. The number of anilines is 1. The van der Waals surface area contributed by atoms with Gasteiger partial charge in [-0.2, -0.15) is 10.4 Å². The van der Waals surface area contributed by atoms with E-state index in [1.54, 1.807) is 36.0 Å². The third-order valence-corrected chi connectivity index (χ3v) is 5.01. The maximum Gasteiger partial charge on any atom is 0.193 e. The van der Waals surface area contributed by atoms with Gasteiger partial charge in [-0.15, -0.1) is 5.10 Å². The Morgan fingerprint density at radius 1 is 1.19 bits per heavy atom. The summed E-state index contributed by atoms with van der Waals surface area (Å²) in [5.74, 6) is -0.857. The van der Waals surface area contributed by atoms with E-state index in [4.69, 9.17) is 5.73 Å². The van der Waals surface area contributed by atoms with Crippen LogP contribution in [0.25, 0.3) is 22.8 Å². The molecule has 0 saturated heterocycles. The van der Waals surface area contributed by atoms with Crippen LogP contribution < -0.4 is 5.73 Å². The Morgan fingerprint density at radius 2 is 1.97 bits per heavy atom. The first-order valence-electron chi connectivity index (χ1n) is 9.96. The normalized spacial score (nSPS) is 11.5. The maximum atomic E-state index is 14.8. The van der Waals surface area contributed by atoms with Crippen molar-refractivity contribution in [2.24, 2.45) is 0 Å². The number of benzene rings is 1. The van der Waals surface area contributed by atoms with Crippen molar-refractivity contribution in [3.8, 4) is 28.8 Å². The van der Waals surface area contributed by atoms with E-state index >= 15 is 0 Å². The highest BCUT2D eigenvalue weighted by Gasteiger charge is 2.20. The molecule has 0 radical (unpaired) electrons. The molecule has 0 spiro atoms. The van der Waals surface area contributed by atoms with Gasteiger partial charge in [0, 0.05) is 11.8 Å². The fourth-order valence-corrected chi connectivity index (χ4v) is 3.22. The van der Waals surface area contributed by atoms with Gasteiger partial charge in [-0.25, -0.2) is 19.0 Å². The van der Waals surface area contributed by atoms with Gasteiger partial charge in [0.1, 0.15) is 11.4 Å². The maximum absolute atomic E-state index is 14.8. The van der Waals surface area contributed by atoms with E-state index in [0.29, 0.717) is 23.2 Å². The van der Waals surface area contributed by atoms with Crippen molar-refractivity contribution in [2.75, 3.05) is 5.73 Å². The van der Waals surface area contributed by atoms with E-state index in [1.807, 2.05) is 16.9 Å². The first-order chi connectivity index (χ1) is 15.2. The predicted molar refractivity (Wildman–Crippen MR) is 117 cm³/mol. The van der Waals surface area contributed by atoms with Gasteiger partial charge in [-0.05, 0) is 45.4 Å². The van der Waals surface area contributed by atoms with Gasteiger partial charge < -0.3 is 5.73 Å². The first-order valence-corrected chi connectivity index (χ1v) is 9.96. The topological polar surface area (TPSA) is 124 Å². The van der Waals surface area contributed by atoms with E-state index in [0.717, 1.165) is 5.69 Å². The lowest BCUT2D eigenvalue weighted by molar-refractivity contribution is 0.352. The summed E-state index contributed by atoms with van der Waals surface area (Å²) in [7, 11) is 0. The highest BCUT2D eigenvalue weighted by molar-refractivity contribution is 5.69. The van der Waals surface area contributed by atoms with Crippen molar-refractivity contribution in [1.82, 2.24) is 34.7 Å². The van der Waals surface area contributed by atoms with Gasteiger partial charge in [-0.3, -0.25) is 4.68 Å². The number of nitriles is 1. The molecule has 4 rings (SSSR count). The summed E-state index contributed by atoms with van der Waals surface area (Å²) in [6.07, 6.45) is 3.49. The highest BCUT2D eigenvalue weighted by atomic mass is 19.1. The van der Waals surface area contributed by atoms with Crippen LogP contribution in [0.5, 0.6) is 0 Å². The first kappa shape index (κ1) is 21.1. The Hall–Kier alpha value is -4.13. The Balaban J connectivity index is 1.69. The van der Waals surface area contributed by atoms with Crippen LogP contribution in [0.3, 0.4) is 0 Å². The summed E-state index contributed by atoms with van der Waals surface area (Å²) in [5.41, 5.74) is 8.42. The molecule has 10 heteroatoms. The molecule has 0 aliphatic carbocycles.